The molecule has 0 aromatic heterocycles. The second-order valence-electron chi connectivity index (χ2n) is 6.57. The molecule has 1 amide bonds. The van der Waals surface area contributed by atoms with Crippen LogP contribution < -0.4 is 10.1 Å². The summed E-state index contributed by atoms with van der Waals surface area (Å²) in [6.07, 6.45) is -4.39. The minimum Gasteiger partial charge on any atom is -0.484 e. The van der Waals surface area contributed by atoms with Gasteiger partial charge in [0.05, 0.1) is 18.8 Å². The van der Waals surface area contributed by atoms with Crippen molar-refractivity contribution in [2.75, 3.05) is 39.5 Å². The number of alkyl halides is 3. The molecule has 0 radical (unpaired) electrons. The quantitative estimate of drug-likeness (QED) is 0.797. The standard InChI is InChI=1S/C18H25F3N2O3/c1-13(2)16(23-7-9-25-10-8-23)11-22-17(24)12-26-15-5-3-14(4-6-15)18(19,20)21/h3-6,13,16H,7-12H2,1-2H3,(H,22,24). The maximum absolute atomic E-state index is 12.5. The van der Waals surface area contributed by atoms with Crippen molar-refractivity contribution in [3.05, 3.63) is 29.8 Å². The van der Waals surface area contributed by atoms with Crippen LogP contribution in [0.15, 0.2) is 24.3 Å². The van der Waals surface area contributed by atoms with Crippen LogP contribution >= 0.6 is 0 Å². The van der Waals surface area contributed by atoms with Crippen molar-refractivity contribution in [2.24, 2.45) is 5.92 Å². The lowest BCUT2D eigenvalue weighted by Crippen LogP contribution is -2.51. The maximum Gasteiger partial charge on any atom is 0.416 e. The first-order valence-electron chi connectivity index (χ1n) is 8.66. The van der Waals surface area contributed by atoms with Crippen LogP contribution in [0.1, 0.15) is 19.4 Å². The van der Waals surface area contributed by atoms with Crippen LogP contribution in [0.3, 0.4) is 0 Å². The van der Waals surface area contributed by atoms with Crippen molar-refractivity contribution in [3.63, 3.8) is 0 Å². The number of hydrogen-bond donors (Lipinski definition) is 1. The number of ether oxygens (including phenoxy) is 2. The number of rotatable bonds is 7. The molecule has 26 heavy (non-hydrogen) atoms. The number of morpholine rings is 1. The molecule has 1 aliphatic heterocycles. The van der Waals surface area contributed by atoms with Crippen LogP contribution in [0.25, 0.3) is 0 Å². The zero-order valence-electron chi connectivity index (χ0n) is 15.0. The summed E-state index contributed by atoms with van der Waals surface area (Å²) in [4.78, 5) is 14.3. The van der Waals surface area contributed by atoms with Gasteiger partial charge in [-0.3, -0.25) is 9.69 Å². The Hall–Kier alpha value is -1.80. The highest BCUT2D eigenvalue weighted by Gasteiger charge is 2.30. The third-order valence-electron chi connectivity index (χ3n) is 4.34. The van der Waals surface area contributed by atoms with E-state index in [9.17, 15) is 18.0 Å². The molecule has 1 heterocycles. The van der Waals surface area contributed by atoms with E-state index in [0.717, 1.165) is 25.2 Å². The molecule has 1 fully saturated rings. The first kappa shape index (κ1) is 20.5. The largest absolute Gasteiger partial charge is 0.484 e. The van der Waals surface area contributed by atoms with Crippen LogP contribution in [0.2, 0.25) is 0 Å². The number of nitrogens with zero attached hydrogens (tertiary/aromatic N) is 1. The molecule has 0 aliphatic carbocycles. The average molecular weight is 374 g/mol. The summed E-state index contributed by atoms with van der Waals surface area (Å²) in [5.74, 6) is 0.287. The number of hydrogen-bond acceptors (Lipinski definition) is 4. The summed E-state index contributed by atoms with van der Waals surface area (Å²) in [7, 11) is 0. The summed E-state index contributed by atoms with van der Waals surface area (Å²) in [6, 6.07) is 4.48. The van der Waals surface area contributed by atoms with Gasteiger partial charge in [0.1, 0.15) is 5.75 Å². The topological polar surface area (TPSA) is 50.8 Å². The molecule has 1 N–H and O–H groups in total. The number of halogens is 3. The number of benzene rings is 1. The van der Waals surface area contributed by atoms with Crippen LogP contribution in [0.5, 0.6) is 5.75 Å². The molecule has 1 aromatic carbocycles. The van der Waals surface area contributed by atoms with Crippen LogP contribution in [-0.2, 0) is 15.7 Å². The summed E-state index contributed by atoms with van der Waals surface area (Å²) >= 11 is 0. The minimum atomic E-state index is -4.39. The summed E-state index contributed by atoms with van der Waals surface area (Å²) < 4.78 is 48.1. The Morgan fingerprint density at radius 3 is 2.38 bits per heavy atom. The van der Waals surface area contributed by atoms with Gasteiger partial charge in [0.15, 0.2) is 6.61 Å². The predicted octanol–water partition coefficient (Wildman–Crippen LogP) is 2.56. The van der Waals surface area contributed by atoms with E-state index >= 15 is 0 Å². The lowest BCUT2D eigenvalue weighted by Gasteiger charge is -2.36. The van der Waals surface area contributed by atoms with Crippen molar-refractivity contribution < 1.29 is 27.4 Å². The molecular formula is C18H25F3N2O3. The van der Waals surface area contributed by atoms with Gasteiger partial charge in [-0.1, -0.05) is 13.8 Å². The van der Waals surface area contributed by atoms with Crippen molar-refractivity contribution in [3.8, 4) is 5.75 Å². The molecule has 0 saturated carbocycles. The average Bonchev–Trinajstić information content (AvgIpc) is 2.60. The van der Waals surface area contributed by atoms with Crippen molar-refractivity contribution in [1.29, 1.82) is 0 Å². The smallest absolute Gasteiger partial charge is 0.416 e. The zero-order valence-corrected chi connectivity index (χ0v) is 15.0. The number of carbonyl (C=O) groups is 1. The first-order valence-corrected chi connectivity index (χ1v) is 8.66. The van der Waals surface area contributed by atoms with E-state index in [-0.39, 0.29) is 24.3 Å². The molecule has 146 valence electrons. The third-order valence-corrected chi connectivity index (χ3v) is 4.34. The van der Waals surface area contributed by atoms with E-state index in [1.165, 1.54) is 12.1 Å². The van der Waals surface area contributed by atoms with E-state index in [4.69, 9.17) is 9.47 Å². The monoisotopic (exact) mass is 374 g/mol. The Kier molecular flexibility index (Phi) is 7.28. The lowest BCUT2D eigenvalue weighted by molar-refractivity contribution is -0.137. The van der Waals surface area contributed by atoms with Crippen molar-refractivity contribution in [2.45, 2.75) is 26.1 Å². The predicted molar refractivity (Wildman–Crippen MR) is 91.0 cm³/mol. The fraction of sp³-hybridized carbons (Fsp3) is 0.611. The maximum atomic E-state index is 12.5. The lowest BCUT2D eigenvalue weighted by atomic mass is 10.0. The zero-order chi connectivity index (χ0) is 19.2. The summed E-state index contributed by atoms with van der Waals surface area (Å²) in [6.45, 7) is 7.51. The summed E-state index contributed by atoms with van der Waals surface area (Å²) in [5, 5.41) is 2.84. The van der Waals surface area contributed by atoms with Gasteiger partial charge in [-0.15, -0.1) is 0 Å². The summed E-state index contributed by atoms with van der Waals surface area (Å²) in [5.41, 5.74) is -0.750. The highest BCUT2D eigenvalue weighted by atomic mass is 19.4. The molecule has 1 aliphatic rings. The Bertz CT molecular complexity index is 570. The molecule has 0 spiro atoms. The fourth-order valence-corrected chi connectivity index (χ4v) is 2.85. The Labute approximate surface area is 151 Å². The molecule has 2 rings (SSSR count). The van der Waals surface area contributed by atoms with Gasteiger partial charge in [-0.25, -0.2) is 0 Å². The van der Waals surface area contributed by atoms with Gasteiger partial charge in [-0.2, -0.15) is 13.2 Å². The second kappa shape index (κ2) is 9.23. The molecule has 1 saturated heterocycles. The molecule has 1 aromatic rings. The van der Waals surface area contributed by atoms with Gasteiger partial charge in [0, 0.05) is 25.7 Å². The van der Waals surface area contributed by atoms with Crippen LogP contribution in [0.4, 0.5) is 13.2 Å². The van der Waals surface area contributed by atoms with Gasteiger partial charge in [0.25, 0.3) is 5.91 Å². The van der Waals surface area contributed by atoms with E-state index in [1.807, 2.05) is 0 Å². The molecule has 5 nitrogen and oxygen atoms in total. The van der Waals surface area contributed by atoms with Crippen molar-refractivity contribution >= 4 is 5.91 Å². The number of nitrogens with one attached hydrogen (secondary N) is 1. The highest BCUT2D eigenvalue weighted by Crippen LogP contribution is 2.30. The number of carbonyl (C=O) groups excluding carboxylic acids is 1. The van der Waals surface area contributed by atoms with Gasteiger partial charge in [-0.05, 0) is 30.2 Å². The molecule has 1 atom stereocenters. The molecular weight excluding hydrogens is 349 g/mol. The van der Waals surface area contributed by atoms with Crippen LogP contribution in [0, 0.1) is 5.92 Å². The van der Waals surface area contributed by atoms with E-state index in [2.05, 4.69) is 24.1 Å². The van der Waals surface area contributed by atoms with Crippen LogP contribution in [-0.4, -0.2) is 56.3 Å². The van der Waals surface area contributed by atoms with E-state index in [0.29, 0.717) is 25.7 Å². The first-order chi connectivity index (χ1) is 12.3. The number of amides is 1. The molecule has 8 heteroatoms. The second-order valence-corrected chi connectivity index (χ2v) is 6.57. The van der Waals surface area contributed by atoms with Gasteiger partial charge < -0.3 is 14.8 Å². The van der Waals surface area contributed by atoms with E-state index < -0.39 is 11.7 Å². The highest BCUT2D eigenvalue weighted by molar-refractivity contribution is 5.77. The Morgan fingerprint density at radius 2 is 1.85 bits per heavy atom. The Morgan fingerprint density at radius 1 is 1.23 bits per heavy atom. The van der Waals surface area contributed by atoms with E-state index in [1.54, 1.807) is 0 Å². The minimum absolute atomic E-state index is 0.203. The SMILES string of the molecule is CC(C)C(CNC(=O)COc1ccc(C(F)(F)F)cc1)N1CCOCC1. The molecule has 1 unspecified atom stereocenters. The normalized spacial score (nSPS) is 17.2. The van der Waals surface area contributed by atoms with Crippen molar-refractivity contribution in [1.82, 2.24) is 10.2 Å². The third kappa shape index (κ3) is 6.17. The van der Waals surface area contributed by atoms with Gasteiger partial charge >= 0.3 is 6.18 Å². The Balaban J connectivity index is 1.78. The molecule has 0 bridgehead atoms. The fourth-order valence-electron chi connectivity index (χ4n) is 2.85. The van der Waals surface area contributed by atoms with Gasteiger partial charge in [0.2, 0.25) is 0 Å².